The van der Waals surface area contributed by atoms with Crippen molar-refractivity contribution in [1.82, 2.24) is 4.90 Å². The van der Waals surface area contributed by atoms with Gasteiger partial charge >= 0.3 is 0 Å². The second-order valence-corrected chi connectivity index (χ2v) is 4.36. The summed E-state index contributed by atoms with van der Waals surface area (Å²) in [5, 5.41) is 0. The molecular weight excluding hydrogens is 148 g/mol. The fourth-order valence-electron chi connectivity index (χ4n) is 2.29. The number of nitrogens with two attached hydrogens (primary N) is 1. The smallest absolute Gasteiger partial charge is 0.0193 e. The summed E-state index contributed by atoms with van der Waals surface area (Å²) in [6.07, 6.45) is 2.53. The lowest BCUT2D eigenvalue weighted by Gasteiger charge is -2.35. The number of rotatable bonds is 3. The fraction of sp³-hybridized carbons (Fsp3) is 1.00. The summed E-state index contributed by atoms with van der Waals surface area (Å²) in [5.41, 5.74) is 6.08. The lowest BCUT2D eigenvalue weighted by atomic mass is 9.88. The van der Waals surface area contributed by atoms with Crippen LogP contribution >= 0.6 is 0 Å². The predicted molar refractivity (Wildman–Crippen MR) is 53.1 cm³/mol. The summed E-state index contributed by atoms with van der Waals surface area (Å²) in [6.45, 7) is 10.2. The van der Waals surface area contributed by atoms with Crippen LogP contribution < -0.4 is 5.73 Å². The Morgan fingerprint density at radius 3 is 2.58 bits per heavy atom. The molecule has 0 bridgehead atoms. The van der Waals surface area contributed by atoms with Crippen molar-refractivity contribution in [1.29, 1.82) is 0 Å². The molecule has 1 fully saturated rings. The van der Waals surface area contributed by atoms with Gasteiger partial charge in [-0.05, 0) is 52.2 Å². The van der Waals surface area contributed by atoms with E-state index in [1.165, 1.54) is 25.9 Å². The Hall–Kier alpha value is -0.0800. The number of hydrogen-bond acceptors (Lipinski definition) is 2. The molecule has 0 aromatic heterocycles. The molecule has 12 heavy (non-hydrogen) atoms. The third-order valence-electron chi connectivity index (χ3n) is 3.34. The maximum absolute atomic E-state index is 5.74. The van der Waals surface area contributed by atoms with Crippen LogP contribution in [-0.4, -0.2) is 30.1 Å². The Balaban J connectivity index is 2.57. The molecule has 0 radical (unpaired) electrons. The molecule has 1 unspecified atom stereocenters. The topological polar surface area (TPSA) is 29.3 Å². The van der Waals surface area contributed by atoms with E-state index in [0.29, 0.717) is 11.5 Å². The van der Waals surface area contributed by atoms with Gasteiger partial charge in [-0.3, -0.25) is 4.90 Å². The molecule has 2 N–H and O–H groups in total. The van der Waals surface area contributed by atoms with Crippen LogP contribution in [0, 0.1) is 5.92 Å². The normalized spacial score (nSPS) is 29.5. The van der Waals surface area contributed by atoms with Gasteiger partial charge in [0.15, 0.2) is 0 Å². The van der Waals surface area contributed by atoms with E-state index in [0.717, 1.165) is 6.54 Å². The number of likely N-dealkylation sites (tertiary alicyclic amines) is 1. The molecule has 0 saturated carbocycles. The highest BCUT2D eigenvalue weighted by Gasteiger charge is 2.39. The van der Waals surface area contributed by atoms with E-state index < -0.39 is 0 Å². The zero-order valence-electron chi connectivity index (χ0n) is 8.64. The highest BCUT2D eigenvalue weighted by atomic mass is 15.2. The molecular formula is C10H22N2. The third-order valence-corrected chi connectivity index (χ3v) is 3.34. The second-order valence-electron chi connectivity index (χ2n) is 4.36. The van der Waals surface area contributed by atoms with Gasteiger partial charge in [-0.1, -0.05) is 6.92 Å². The van der Waals surface area contributed by atoms with Gasteiger partial charge in [0, 0.05) is 5.54 Å². The van der Waals surface area contributed by atoms with Crippen molar-refractivity contribution in [3.63, 3.8) is 0 Å². The van der Waals surface area contributed by atoms with Gasteiger partial charge in [-0.15, -0.1) is 0 Å². The molecule has 2 nitrogen and oxygen atoms in total. The average molecular weight is 170 g/mol. The van der Waals surface area contributed by atoms with Gasteiger partial charge in [0.25, 0.3) is 0 Å². The first-order valence-electron chi connectivity index (χ1n) is 5.08. The molecule has 1 saturated heterocycles. The van der Waals surface area contributed by atoms with Crippen LogP contribution in [0.5, 0.6) is 0 Å². The summed E-state index contributed by atoms with van der Waals surface area (Å²) in [5.74, 6) is 0.698. The van der Waals surface area contributed by atoms with E-state index in [1.54, 1.807) is 0 Å². The van der Waals surface area contributed by atoms with E-state index in [1.807, 2.05) is 0 Å². The lowest BCUT2D eigenvalue weighted by molar-refractivity contribution is 0.141. The van der Waals surface area contributed by atoms with Crippen LogP contribution in [0.25, 0.3) is 0 Å². The molecule has 1 aliphatic heterocycles. The van der Waals surface area contributed by atoms with Crippen LogP contribution in [0.4, 0.5) is 0 Å². The van der Waals surface area contributed by atoms with Crippen molar-refractivity contribution in [2.45, 2.75) is 39.2 Å². The van der Waals surface area contributed by atoms with Crippen molar-refractivity contribution >= 4 is 0 Å². The minimum Gasteiger partial charge on any atom is -0.330 e. The van der Waals surface area contributed by atoms with Crippen molar-refractivity contribution in [2.75, 3.05) is 19.6 Å². The molecule has 1 aliphatic rings. The van der Waals surface area contributed by atoms with Crippen molar-refractivity contribution in [3.8, 4) is 0 Å². The minimum atomic E-state index is 0.338. The van der Waals surface area contributed by atoms with Gasteiger partial charge in [0.2, 0.25) is 0 Å². The van der Waals surface area contributed by atoms with Crippen LogP contribution in [0.15, 0.2) is 0 Å². The molecule has 0 spiro atoms. The van der Waals surface area contributed by atoms with E-state index in [4.69, 9.17) is 5.73 Å². The average Bonchev–Trinajstić information content (AvgIpc) is 2.28. The first-order valence-corrected chi connectivity index (χ1v) is 5.08. The molecule has 0 aromatic rings. The van der Waals surface area contributed by atoms with Gasteiger partial charge in [0.05, 0.1) is 0 Å². The van der Waals surface area contributed by atoms with E-state index in [-0.39, 0.29) is 0 Å². The molecule has 0 aromatic carbocycles. The summed E-state index contributed by atoms with van der Waals surface area (Å²) in [4.78, 5) is 2.57. The van der Waals surface area contributed by atoms with E-state index in [9.17, 15) is 0 Å². The van der Waals surface area contributed by atoms with Gasteiger partial charge in [0.1, 0.15) is 0 Å². The molecule has 1 rings (SSSR count). The van der Waals surface area contributed by atoms with Crippen LogP contribution in [0.3, 0.4) is 0 Å². The second kappa shape index (κ2) is 3.75. The zero-order valence-corrected chi connectivity index (χ0v) is 8.64. The molecule has 0 aliphatic carbocycles. The van der Waals surface area contributed by atoms with Crippen LogP contribution in [0.1, 0.15) is 33.6 Å². The molecule has 72 valence electrons. The third kappa shape index (κ3) is 1.64. The number of nitrogens with zero attached hydrogens (tertiary/aromatic N) is 1. The molecule has 1 heterocycles. The highest BCUT2D eigenvalue weighted by molar-refractivity contribution is 4.95. The van der Waals surface area contributed by atoms with E-state index >= 15 is 0 Å². The fourth-order valence-corrected chi connectivity index (χ4v) is 2.29. The summed E-state index contributed by atoms with van der Waals surface area (Å²) < 4.78 is 0. The maximum atomic E-state index is 5.74. The van der Waals surface area contributed by atoms with Gasteiger partial charge < -0.3 is 5.73 Å². The maximum Gasteiger partial charge on any atom is 0.0193 e. The lowest BCUT2D eigenvalue weighted by Crippen LogP contribution is -2.44. The number of hydrogen-bond donors (Lipinski definition) is 1. The monoisotopic (exact) mass is 170 g/mol. The molecule has 1 atom stereocenters. The summed E-state index contributed by atoms with van der Waals surface area (Å²) in [6, 6.07) is 0. The molecule has 0 amide bonds. The predicted octanol–water partition coefficient (Wildman–Crippen LogP) is 1.46. The van der Waals surface area contributed by atoms with Gasteiger partial charge in [-0.25, -0.2) is 0 Å². The van der Waals surface area contributed by atoms with Crippen LogP contribution in [0.2, 0.25) is 0 Å². The standard InChI is InChI=1S/C10H22N2/c1-4-6-12-7-5-9(8-11)10(12,2)3/h9H,4-8,11H2,1-3H3. The largest absolute Gasteiger partial charge is 0.330 e. The first kappa shape index (κ1) is 10.0. The van der Waals surface area contributed by atoms with E-state index in [2.05, 4.69) is 25.7 Å². The van der Waals surface area contributed by atoms with Crippen LogP contribution in [-0.2, 0) is 0 Å². The Kier molecular flexibility index (Phi) is 3.13. The summed E-state index contributed by atoms with van der Waals surface area (Å²) in [7, 11) is 0. The summed E-state index contributed by atoms with van der Waals surface area (Å²) >= 11 is 0. The van der Waals surface area contributed by atoms with Gasteiger partial charge in [-0.2, -0.15) is 0 Å². The quantitative estimate of drug-likeness (QED) is 0.694. The minimum absolute atomic E-state index is 0.338. The van der Waals surface area contributed by atoms with Crippen molar-refractivity contribution in [3.05, 3.63) is 0 Å². The Morgan fingerprint density at radius 1 is 1.50 bits per heavy atom. The SMILES string of the molecule is CCCN1CCC(CN)C1(C)C. The molecule has 2 heteroatoms. The van der Waals surface area contributed by atoms with Crippen molar-refractivity contribution < 1.29 is 0 Å². The Labute approximate surface area is 76.1 Å². The Bertz CT molecular complexity index is 143. The highest BCUT2D eigenvalue weighted by Crippen LogP contribution is 2.33. The zero-order chi connectivity index (χ0) is 9.19. The first-order chi connectivity index (χ1) is 5.62. The Morgan fingerprint density at radius 2 is 2.17 bits per heavy atom. The van der Waals surface area contributed by atoms with Crippen molar-refractivity contribution in [2.24, 2.45) is 11.7 Å².